The van der Waals surface area contributed by atoms with Crippen LogP contribution in [-0.4, -0.2) is 28.1 Å². The molecule has 0 saturated heterocycles. The molecule has 2 amide bonds. The van der Waals surface area contributed by atoms with Crippen molar-refractivity contribution < 1.29 is 9.59 Å². The van der Waals surface area contributed by atoms with Crippen molar-refractivity contribution in [3.63, 3.8) is 0 Å². The van der Waals surface area contributed by atoms with E-state index in [9.17, 15) is 9.59 Å². The molecule has 6 nitrogen and oxygen atoms in total. The van der Waals surface area contributed by atoms with E-state index in [0.717, 1.165) is 12.1 Å². The summed E-state index contributed by atoms with van der Waals surface area (Å²) in [6.07, 6.45) is 0.761. The molecule has 0 aliphatic heterocycles. The third kappa shape index (κ3) is 2.80. The van der Waals surface area contributed by atoms with Crippen LogP contribution in [0.4, 0.5) is 0 Å². The number of hydrogen-bond donors (Lipinski definition) is 2. The number of aryl methyl sites for hydroxylation is 2. The average molecular weight is 210 g/mol. The van der Waals surface area contributed by atoms with E-state index in [1.54, 1.807) is 13.1 Å². The van der Waals surface area contributed by atoms with Crippen molar-refractivity contribution in [3.05, 3.63) is 17.5 Å². The number of rotatable bonds is 4. The summed E-state index contributed by atoms with van der Waals surface area (Å²) in [6, 6.07) is 1.69. The summed E-state index contributed by atoms with van der Waals surface area (Å²) in [4.78, 5) is 22.0. The lowest BCUT2D eigenvalue weighted by atomic mass is 10.3. The molecular formula is C9H14N4O2. The van der Waals surface area contributed by atoms with Gasteiger partial charge in [-0.15, -0.1) is 0 Å². The Morgan fingerprint density at radius 1 is 1.60 bits per heavy atom. The fourth-order valence-electron chi connectivity index (χ4n) is 1.17. The highest BCUT2D eigenvalue weighted by Gasteiger charge is 2.12. The molecule has 0 aromatic carbocycles. The molecule has 0 spiro atoms. The molecular weight excluding hydrogens is 196 g/mol. The van der Waals surface area contributed by atoms with Crippen LogP contribution in [0.25, 0.3) is 0 Å². The van der Waals surface area contributed by atoms with Gasteiger partial charge in [0.05, 0.1) is 12.2 Å². The molecule has 0 unspecified atom stereocenters. The molecule has 82 valence electrons. The second kappa shape index (κ2) is 4.59. The van der Waals surface area contributed by atoms with E-state index < -0.39 is 5.91 Å². The van der Waals surface area contributed by atoms with E-state index in [-0.39, 0.29) is 12.5 Å². The largest absolute Gasteiger partial charge is 0.368 e. The molecule has 0 radical (unpaired) electrons. The van der Waals surface area contributed by atoms with Gasteiger partial charge in [0.1, 0.15) is 5.69 Å². The maximum absolute atomic E-state index is 11.5. The van der Waals surface area contributed by atoms with Crippen LogP contribution < -0.4 is 11.1 Å². The van der Waals surface area contributed by atoms with Crippen molar-refractivity contribution in [2.75, 3.05) is 6.54 Å². The molecule has 0 aliphatic rings. The molecule has 0 bridgehead atoms. The van der Waals surface area contributed by atoms with Gasteiger partial charge in [-0.25, -0.2) is 0 Å². The van der Waals surface area contributed by atoms with E-state index >= 15 is 0 Å². The van der Waals surface area contributed by atoms with Crippen LogP contribution in [0, 0.1) is 0 Å². The Bertz CT molecular complexity index is 383. The lowest BCUT2D eigenvalue weighted by Gasteiger charge is -2.01. The van der Waals surface area contributed by atoms with E-state index in [4.69, 9.17) is 5.73 Å². The van der Waals surface area contributed by atoms with E-state index in [1.165, 1.54) is 4.68 Å². The van der Waals surface area contributed by atoms with Crippen LogP contribution in [0.5, 0.6) is 0 Å². The molecule has 1 aromatic rings. The maximum atomic E-state index is 11.5. The lowest BCUT2D eigenvalue weighted by molar-refractivity contribution is -0.117. The van der Waals surface area contributed by atoms with Crippen LogP contribution in [0.2, 0.25) is 0 Å². The van der Waals surface area contributed by atoms with Crippen molar-refractivity contribution >= 4 is 11.8 Å². The zero-order valence-corrected chi connectivity index (χ0v) is 8.78. The van der Waals surface area contributed by atoms with Gasteiger partial charge in [0.25, 0.3) is 5.91 Å². The average Bonchev–Trinajstić information content (AvgIpc) is 2.56. The molecule has 1 aromatic heterocycles. The molecule has 1 heterocycles. The van der Waals surface area contributed by atoms with Crippen molar-refractivity contribution in [2.24, 2.45) is 12.8 Å². The molecule has 1 rings (SSSR count). The first-order valence-corrected chi connectivity index (χ1v) is 4.64. The number of amides is 2. The summed E-state index contributed by atoms with van der Waals surface area (Å²) < 4.78 is 1.48. The quantitative estimate of drug-likeness (QED) is 0.681. The van der Waals surface area contributed by atoms with Crippen LogP contribution in [0.1, 0.15) is 23.1 Å². The molecule has 15 heavy (non-hydrogen) atoms. The van der Waals surface area contributed by atoms with Gasteiger partial charge in [-0.1, -0.05) is 6.92 Å². The predicted octanol–water partition coefficient (Wildman–Crippen LogP) is -0.802. The minimum atomic E-state index is -0.568. The van der Waals surface area contributed by atoms with E-state index in [0.29, 0.717) is 5.69 Å². The molecule has 0 saturated carbocycles. The first-order valence-electron chi connectivity index (χ1n) is 4.64. The van der Waals surface area contributed by atoms with Gasteiger partial charge in [-0.05, 0) is 12.5 Å². The number of carbonyl (C=O) groups excluding carboxylic acids is 2. The van der Waals surface area contributed by atoms with E-state index in [1.807, 2.05) is 6.92 Å². The van der Waals surface area contributed by atoms with Crippen LogP contribution in [0.3, 0.4) is 0 Å². The van der Waals surface area contributed by atoms with Crippen LogP contribution >= 0.6 is 0 Å². The van der Waals surface area contributed by atoms with Gasteiger partial charge >= 0.3 is 0 Å². The summed E-state index contributed by atoms with van der Waals surface area (Å²) in [6.45, 7) is 1.79. The monoisotopic (exact) mass is 210 g/mol. The third-order valence-corrected chi connectivity index (χ3v) is 1.95. The predicted molar refractivity (Wildman–Crippen MR) is 54.1 cm³/mol. The van der Waals surface area contributed by atoms with E-state index in [2.05, 4.69) is 10.4 Å². The Kier molecular flexibility index (Phi) is 3.43. The highest BCUT2D eigenvalue weighted by molar-refractivity contribution is 5.94. The number of aromatic nitrogens is 2. The minimum Gasteiger partial charge on any atom is -0.368 e. The van der Waals surface area contributed by atoms with Gasteiger partial charge < -0.3 is 11.1 Å². The summed E-state index contributed by atoms with van der Waals surface area (Å²) in [5.74, 6) is -0.912. The second-order valence-corrected chi connectivity index (χ2v) is 3.15. The minimum absolute atomic E-state index is 0.161. The zero-order valence-electron chi connectivity index (χ0n) is 8.78. The van der Waals surface area contributed by atoms with Crippen molar-refractivity contribution in [1.29, 1.82) is 0 Å². The van der Waals surface area contributed by atoms with Crippen molar-refractivity contribution in [3.8, 4) is 0 Å². The van der Waals surface area contributed by atoms with Crippen molar-refractivity contribution in [1.82, 2.24) is 15.1 Å². The second-order valence-electron chi connectivity index (χ2n) is 3.15. The number of hydrogen-bond acceptors (Lipinski definition) is 3. The molecule has 6 heteroatoms. The SMILES string of the molecule is CCc1cc(C(=O)NCC(N)=O)n(C)n1. The Labute approximate surface area is 87.4 Å². The number of primary amides is 1. The zero-order chi connectivity index (χ0) is 11.4. The van der Waals surface area contributed by atoms with Crippen LogP contribution in [0.15, 0.2) is 6.07 Å². The Morgan fingerprint density at radius 2 is 2.27 bits per heavy atom. The summed E-state index contributed by atoms with van der Waals surface area (Å²) in [7, 11) is 1.68. The van der Waals surface area contributed by atoms with Gasteiger partial charge in [0.2, 0.25) is 5.91 Å². The molecule has 0 fully saturated rings. The first-order chi connectivity index (χ1) is 7.04. The summed E-state index contributed by atoms with van der Waals surface area (Å²) >= 11 is 0. The Balaban J connectivity index is 2.72. The topological polar surface area (TPSA) is 90.0 Å². The standard InChI is InChI=1S/C9H14N4O2/c1-3-6-4-7(13(2)12-6)9(15)11-5-8(10)14/h4H,3,5H2,1-2H3,(H2,10,14)(H,11,15). The van der Waals surface area contributed by atoms with Gasteiger partial charge in [-0.3, -0.25) is 14.3 Å². The fraction of sp³-hybridized carbons (Fsp3) is 0.444. The van der Waals surface area contributed by atoms with Crippen LogP contribution in [-0.2, 0) is 18.3 Å². The van der Waals surface area contributed by atoms with Gasteiger partial charge in [-0.2, -0.15) is 5.10 Å². The highest BCUT2D eigenvalue weighted by atomic mass is 16.2. The summed E-state index contributed by atoms with van der Waals surface area (Å²) in [5, 5.41) is 6.52. The third-order valence-electron chi connectivity index (χ3n) is 1.95. The maximum Gasteiger partial charge on any atom is 0.269 e. The lowest BCUT2D eigenvalue weighted by Crippen LogP contribution is -2.34. The molecule has 0 atom stereocenters. The Morgan fingerprint density at radius 3 is 2.73 bits per heavy atom. The molecule has 3 N–H and O–H groups in total. The fourth-order valence-corrected chi connectivity index (χ4v) is 1.17. The first kappa shape index (κ1) is 11.2. The Hall–Kier alpha value is -1.85. The highest BCUT2D eigenvalue weighted by Crippen LogP contribution is 2.03. The van der Waals surface area contributed by atoms with Crippen molar-refractivity contribution in [2.45, 2.75) is 13.3 Å². The summed E-state index contributed by atoms with van der Waals surface area (Å²) in [5.41, 5.74) is 6.17. The number of nitrogens with zero attached hydrogens (tertiary/aromatic N) is 2. The number of nitrogens with two attached hydrogens (primary N) is 1. The normalized spacial score (nSPS) is 10.0. The smallest absolute Gasteiger partial charge is 0.269 e. The number of carbonyl (C=O) groups is 2. The van der Waals surface area contributed by atoms with Gasteiger partial charge in [0.15, 0.2) is 0 Å². The molecule has 0 aliphatic carbocycles. The van der Waals surface area contributed by atoms with Gasteiger partial charge in [0, 0.05) is 7.05 Å². The number of nitrogens with one attached hydrogen (secondary N) is 1.